The molecule has 1 saturated heterocycles. The predicted octanol–water partition coefficient (Wildman–Crippen LogP) is 2.83. The third-order valence-electron chi connectivity index (χ3n) is 3.16. The minimum absolute atomic E-state index is 0.537. The average molecular weight is 236 g/mol. The largest absolute Gasteiger partial charge is 0.481 e. The van der Waals surface area contributed by atoms with E-state index in [1.165, 1.54) is 0 Å². The zero-order chi connectivity index (χ0) is 11.4. The maximum atomic E-state index is 11.5. The Bertz CT molecular complexity index is 355. The molecule has 1 atom stereocenters. The van der Waals surface area contributed by atoms with Gasteiger partial charge in [-0.05, 0) is 30.6 Å². The van der Waals surface area contributed by atoms with Crippen LogP contribution in [0, 0.1) is 5.41 Å². The molecule has 1 aromatic rings. The maximum absolute atomic E-state index is 11.5. The number of benzene rings is 1. The van der Waals surface area contributed by atoms with Gasteiger partial charge in [0.2, 0.25) is 0 Å². The van der Waals surface area contributed by atoms with Crippen LogP contribution >= 0.6 is 11.8 Å². The molecule has 0 aliphatic carbocycles. The number of carboxylic acid groups (broad SMARTS) is 1. The third kappa shape index (κ3) is 2.40. The molecule has 16 heavy (non-hydrogen) atoms. The van der Waals surface area contributed by atoms with Crippen LogP contribution in [0.5, 0.6) is 0 Å². The van der Waals surface area contributed by atoms with Gasteiger partial charge in [-0.15, -0.1) is 0 Å². The van der Waals surface area contributed by atoms with E-state index in [4.69, 9.17) is 0 Å². The molecule has 86 valence electrons. The van der Waals surface area contributed by atoms with Crippen LogP contribution in [-0.4, -0.2) is 22.6 Å². The van der Waals surface area contributed by atoms with Crippen LogP contribution in [0.3, 0.4) is 0 Å². The highest BCUT2D eigenvalue weighted by Gasteiger charge is 2.39. The van der Waals surface area contributed by atoms with Crippen LogP contribution in [0.25, 0.3) is 0 Å². The van der Waals surface area contributed by atoms with Gasteiger partial charge in [0, 0.05) is 5.75 Å². The Morgan fingerprint density at radius 2 is 2.12 bits per heavy atom. The van der Waals surface area contributed by atoms with Crippen molar-refractivity contribution in [1.29, 1.82) is 0 Å². The van der Waals surface area contributed by atoms with Gasteiger partial charge in [0.05, 0.1) is 5.41 Å². The number of hydrogen-bond acceptors (Lipinski definition) is 2. The van der Waals surface area contributed by atoms with E-state index in [1.54, 1.807) is 11.8 Å². The molecule has 0 spiro atoms. The molecule has 1 aliphatic heterocycles. The lowest BCUT2D eigenvalue weighted by Gasteiger charge is -2.32. The molecule has 0 aromatic heterocycles. The molecule has 1 N–H and O–H groups in total. The van der Waals surface area contributed by atoms with E-state index in [0.29, 0.717) is 6.42 Å². The summed E-state index contributed by atoms with van der Waals surface area (Å²) in [5.74, 6) is 1.21. The van der Waals surface area contributed by atoms with Gasteiger partial charge in [0.15, 0.2) is 0 Å². The van der Waals surface area contributed by atoms with E-state index >= 15 is 0 Å². The number of carbonyl (C=O) groups is 1. The van der Waals surface area contributed by atoms with Crippen molar-refractivity contribution in [2.75, 3.05) is 11.5 Å². The number of carboxylic acids is 1. The first kappa shape index (κ1) is 11.5. The van der Waals surface area contributed by atoms with Crippen molar-refractivity contribution in [3.8, 4) is 0 Å². The van der Waals surface area contributed by atoms with Crippen molar-refractivity contribution in [3.05, 3.63) is 35.9 Å². The summed E-state index contributed by atoms with van der Waals surface area (Å²) >= 11 is 1.77. The first-order chi connectivity index (χ1) is 7.73. The van der Waals surface area contributed by atoms with E-state index in [-0.39, 0.29) is 0 Å². The van der Waals surface area contributed by atoms with Crippen molar-refractivity contribution in [3.63, 3.8) is 0 Å². The monoisotopic (exact) mass is 236 g/mol. The highest BCUT2D eigenvalue weighted by atomic mass is 32.2. The molecule has 3 heteroatoms. The average Bonchev–Trinajstić information content (AvgIpc) is 2.31. The zero-order valence-electron chi connectivity index (χ0n) is 9.19. The van der Waals surface area contributed by atoms with Gasteiger partial charge < -0.3 is 5.11 Å². The fourth-order valence-corrected chi connectivity index (χ4v) is 3.48. The van der Waals surface area contributed by atoms with Gasteiger partial charge in [0.25, 0.3) is 0 Å². The summed E-state index contributed by atoms with van der Waals surface area (Å²) in [6.07, 6.45) is 2.49. The second-order valence-electron chi connectivity index (χ2n) is 4.40. The Balaban J connectivity index is 2.17. The van der Waals surface area contributed by atoms with E-state index in [9.17, 15) is 9.90 Å². The van der Waals surface area contributed by atoms with Gasteiger partial charge in [-0.25, -0.2) is 0 Å². The molecule has 1 aliphatic rings. The van der Waals surface area contributed by atoms with Gasteiger partial charge in [-0.1, -0.05) is 30.3 Å². The van der Waals surface area contributed by atoms with E-state index in [2.05, 4.69) is 0 Å². The maximum Gasteiger partial charge on any atom is 0.310 e. The van der Waals surface area contributed by atoms with Crippen molar-refractivity contribution >= 4 is 17.7 Å². The zero-order valence-corrected chi connectivity index (χ0v) is 10.0. The summed E-state index contributed by atoms with van der Waals surface area (Å²) in [4.78, 5) is 11.5. The minimum Gasteiger partial charge on any atom is -0.481 e. The van der Waals surface area contributed by atoms with Crippen LogP contribution < -0.4 is 0 Å². The van der Waals surface area contributed by atoms with Gasteiger partial charge in [-0.3, -0.25) is 4.79 Å². The summed E-state index contributed by atoms with van der Waals surface area (Å²) in [6.45, 7) is 0. The van der Waals surface area contributed by atoms with Crippen molar-refractivity contribution < 1.29 is 9.90 Å². The summed E-state index contributed by atoms with van der Waals surface area (Å²) in [6, 6.07) is 9.95. The molecule has 1 aromatic carbocycles. The molecule has 0 amide bonds. The third-order valence-corrected chi connectivity index (χ3v) is 4.50. The minimum atomic E-state index is -0.636. The summed E-state index contributed by atoms with van der Waals surface area (Å²) < 4.78 is 0. The van der Waals surface area contributed by atoms with Crippen molar-refractivity contribution in [2.45, 2.75) is 19.3 Å². The lowest BCUT2D eigenvalue weighted by molar-refractivity contribution is -0.148. The number of thioether (sulfide) groups is 1. The topological polar surface area (TPSA) is 37.3 Å². The molecular weight excluding hydrogens is 220 g/mol. The van der Waals surface area contributed by atoms with E-state index in [0.717, 1.165) is 29.9 Å². The van der Waals surface area contributed by atoms with Crippen LogP contribution in [-0.2, 0) is 11.2 Å². The first-order valence-corrected chi connectivity index (χ1v) is 6.73. The Morgan fingerprint density at radius 3 is 2.69 bits per heavy atom. The van der Waals surface area contributed by atoms with Gasteiger partial charge in [-0.2, -0.15) is 11.8 Å². The molecule has 1 unspecified atom stereocenters. The van der Waals surface area contributed by atoms with Crippen LogP contribution in [0.4, 0.5) is 0 Å². The SMILES string of the molecule is O=C(O)C1(Cc2ccccc2)CCCSC1. The van der Waals surface area contributed by atoms with Crippen molar-refractivity contribution in [1.82, 2.24) is 0 Å². The van der Waals surface area contributed by atoms with E-state index < -0.39 is 11.4 Å². The Labute approximate surface area is 100 Å². The predicted molar refractivity (Wildman–Crippen MR) is 66.8 cm³/mol. The first-order valence-electron chi connectivity index (χ1n) is 5.58. The van der Waals surface area contributed by atoms with Crippen molar-refractivity contribution in [2.24, 2.45) is 5.41 Å². The fourth-order valence-electron chi connectivity index (χ4n) is 2.22. The Kier molecular flexibility index (Phi) is 3.54. The molecule has 1 fully saturated rings. The quantitative estimate of drug-likeness (QED) is 0.877. The van der Waals surface area contributed by atoms with Gasteiger partial charge in [0.1, 0.15) is 0 Å². The van der Waals surface area contributed by atoms with Gasteiger partial charge >= 0.3 is 5.97 Å². The molecule has 0 bridgehead atoms. The van der Waals surface area contributed by atoms with Crippen LogP contribution in [0.2, 0.25) is 0 Å². The standard InChI is InChI=1S/C13H16O2S/c14-12(15)13(7-4-8-16-10-13)9-11-5-2-1-3-6-11/h1-3,5-6H,4,7-10H2,(H,14,15). The number of aliphatic carboxylic acids is 1. The molecule has 0 radical (unpaired) electrons. The molecule has 2 rings (SSSR count). The summed E-state index contributed by atoms with van der Waals surface area (Å²) in [7, 11) is 0. The summed E-state index contributed by atoms with van der Waals surface area (Å²) in [5, 5.41) is 9.44. The molecule has 0 saturated carbocycles. The van der Waals surface area contributed by atoms with Crippen LogP contribution in [0.15, 0.2) is 30.3 Å². The second kappa shape index (κ2) is 4.91. The lowest BCUT2D eigenvalue weighted by Crippen LogP contribution is -2.38. The van der Waals surface area contributed by atoms with Crippen LogP contribution in [0.1, 0.15) is 18.4 Å². The lowest BCUT2D eigenvalue weighted by atomic mass is 9.79. The Hall–Kier alpha value is -0.960. The van der Waals surface area contributed by atoms with E-state index in [1.807, 2.05) is 30.3 Å². The fraction of sp³-hybridized carbons (Fsp3) is 0.462. The highest BCUT2D eigenvalue weighted by Crippen LogP contribution is 2.37. The highest BCUT2D eigenvalue weighted by molar-refractivity contribution is 7.99. The molecular formula is C13H16O2S. The molecule has 1 heterocycles. The normalized spacial score (nSPS) is 25.2. The number of hydrogen-bond donors (Lipinski definition) is 1. The smallest absolute Gasteiger partial charge is 0.310 e. The number of rotatable bonds is 3. The summed E-state index contributed by atoms with van der Waals surface area (Å²) in [5.41, 5.74) is 0.594. The second-order valence-corrected chi connectivity index (χ2v) is 5.51. The Morgan fingerprint density at radius 1 is 1.38 bits per heavy atom. The molecule has 2 nitrogen and oxygen atoms in total.